The molecule has 2 atom stereocenters. The maximum Gasteiger partial charge on any atom is 0.122 e. The minimum absolute atomic E-state index is 0.462. The van der Waals surface area contributed by atoms with Crippen LogP contribution in [0.4, 0.5) is 0 Å². The maximum atomic E-state index is 5.30. The SMILES string of the molecule is COc1ccccc1C(C)C(C)Br. The quantitative estimate of drug-likeness (QED) is 0.737. The summed E-state index contributed by atoms with van der Waals surface area (Å²) in [7, 11) is 1.71. The van der Waals surface area contributed by atoms with Crippen molar-refractivity contribution >= 4 is 15.9 Å². The molecular formula is C11H15BrO. The Labute approximate surface area is 88.2 Å². The first-order valence-electron chi connectivity index (χ1n) is 4.43. The second-order valence-electron chi connectivity index (χ2n) is 3.21. The maximum absolute atomic E-state index is 5.30. The largest absolute Gasteiger partial charge is 0.496 e. The molecule has 0 heterocycles. The van der Waals surface area contributed by atoms with Crippen molar-refractivity contribution in [3.8, 4) is 5.75 Å². The van der Waals surface area contributed by atoms with Gasteiger partial charge in [0.25, 0.3) is 0 Å². The van der Waals surface area contributed by atoms with Gasteiger partial charge >= 0.3 is 0 Å². The number of rotatable bonds is 3. The number of methoxy groups -OCH3 is 1. The van der Waals surface area contributed by atoms with Crippen LogP contribution in [-0.2, 0) is 0 Å². The molecule has 1 rings (SSSR count). The molecule has 0 amide bonds. The Bertz CT molecular complexity index is 271. The predicted octanol–water partition coefficient (Wildman–Crippen LogP) is 3.58. The van der Waals surface area contributed by atoms with Gasteiger partial charge in [-0.2, -0.15) is 0 Å². The van der Waals surface area contributed by atoms with Crippen LogP contribution in [0.25, 0.3) is 0 Å². The Morgan fingerprint density at radius 2 is 1.85 bits per heavy atom. The lowest BCUT2D eigenvalue weighted by atomic mass is 9.98. The molecular weight excluding hydrogens is 228 g/mol. The highest BCUT2D eigenvalue weighted by atomic mass is 79.9. The molecule has 0 aliphatic carbocycles. The fraction of sp³-hybridized carbons (Fsp3) is 0.455. The Morgan fingerprint density at radius 1 is 1.23 bits per heavy atom. The highest BCUT2D eigenvalue weighted by Crippen LogP contribution is 2.31. The third-order valence-electron chi connectivity index (χ3n) is 2.32. The van der Waals surface area contributed by atoms with Gasteiger partial charge in [0.15, 0.2) is 0 Å². The highest BCUT2D eigenvalue weighted by Gasteiger charge is 2.14. The van der Waals surface area contributed by atoms with Crippen LogP contribution in [0.2, 0.25) is 0 Å². The van der Waals surface area contributed by atoms with Crippen molar-refractivity contribution in [3.63, 3.8) is 0 Å². The van der Waals surface area contributed by atoms with Crippen LogP contribution >= 0.6 is 15.9 Å². The highest BCUT2D eigenvalue weighted by molar-refractivity contribution is 9.09. The predicted molar refractivity (Wildman–Crippen MR) is 59.8 cm³/mol. The topological polar surface area (TPSA) is 9.23 Å². The lowest BCUT2D eigenvalue weighted by molar-refractivity contribution is 0.406. The summed E-state index contributed by atoms with van der Waals surface area (Å²) >= 11 is 3.58. The van der Waals surface area contributed by atoms with E-state index in [4.69, 9.17) is 4.74 Å². The molecule has 1 aromatic rings. The van der Waals surface area contributed by atoms with Crippen LogP contribution in [-0.4, -0.2) is 11.9 Å². The van der Waals surface area contributed by atoms with Crippen molar-refractivity contribution in [1.29, 1.82) is 0 Å². The molecule has 0 bridgehead atoms. The van der Waals surface area contributed by atoms with Crippen LogP contribution in [0, 0.1) is 0 Å². The van der Waals surface area contributed by atoms with E-state index >= 15 is 0 Å². The summed E-state index contributed by atoms with van der Waals surface area (Å²) in [5.74, 6) is 1.44. The second kappa shape index (κ2) is 4.66. The van der Waals surface area contributed by atoms with Gasteiger partial charge < -0.3 is 4.74 Å². The first kappa shape index (κ1) is 10.6. The van der Waals surface area contributed by atoms with Crippen molar-refractivity contribution in [2.75, 3.05) is 7.11 Å². The number of hydrogen-bond donors (Lipinski definition) is 0. The second-order valence-corrected chi connectivity index (χ2v) is 4.65. The molecule has 2 unspecified atom stereocenters. The summed E-state index contributed by atoms with van der Waals surface area (Å²) in [5, 5.41) is 0. The smallest absolute Gasteiger partial charge is 0.122 e. The van der Waals surface area contributed by atoms with Gasteiger partial charge in [-0.05, 0) is 17.5 Å². The summed E-state index contributed by atoms with van der Waals surface area (Å²) in [4.78, 5) is 0.462. The zero-order chi connectivity index (χ0) is 9.84. The molecule has 72 valence electrons. The van der Waals surface area contributed by atoms with E-state index in [0.717, 1.165) is 5.75 Å². The van der Waals surface area contributed by atoms with Crippen LogP contribution < -0.4 is 4.74 Å². The molecule has 0 saturated carbocycles. The van der Waals surface area contributed by atoms with E-state index in [2.05, 4.69) is 35.8 Å². The van der Waals surface area contributed by atoms with E-state index in [9.17, 15) is 0 Å². The average molecular weight is 243 g/mol. The Morgan fingerprint density at radius 3 is 2.38 bits per heavy atom. The number of benzene rings is 1. The molecule has 0 saturated heterocycles. The molecule has 13 heavy (non-hydrogen) atoms. The molecule has 1 aromatic carbocycles. The Hall–Kier alpha value is -0.500. The lowest BCUT2D eigenvalue weighted by Crippen LogP contribution is -2.05. The van der Waals surface area contributed by atoms with Gasteiger partial charge in [-0.25, -0.2) is 0 Å². The number of halogens is 1. The van der Waals surface area contributed by atoms with Gasteiger partial charge in [0.2, 0.25) is 0 Å². The molecule has 0 aromatic heterocycles. The zero-order valence-electron chi connectivity index (χ0n) is 8.25. The van der Waals surface area contributed by atoms with E-state index in [1.54, 1.807) is 7.11 Å². The molecule has 1 nitrogen and oxygen atoms in total. The summed E-state index contributed by atoms with van der Waals surface area (Å²) in [6.07, 6.45) is 0. The van der Waals surface area contributed by atoms with Crippen molar-refractivity contribution < 1.29 is 4.74 Å². The van der Waals surface area contributed by atoms with Crippen molar-refractivity contribution in [2.24, 2.45) is 0 Å². The number of hydrogen-bond acceptors (Lipinski definition) is 1. The van der Waals surface area contributed by atoms with Crippen molar-refractivity contribution in [3.05, 3.63) is 29.8 Å². The monoisotopic (exact) mass is 242 g/mol. The number of ether oxygens (including phenoxy) is 1. The van der Waals surface area contributed by atoms with Crippen molar-refractivity contribution in [1.82, 2.24) is 0 Å². The normalized spacial score (nSPS) is 15.1. The van der Waals surface area contributed by atoms with E-state index < -0.39 is 0 Å². The lowest BCUT2D eigenvalue weighted by Gasteiger charge is -2.17. The first-order chi connectivity index (χ1) is 6.16. The Kier molecular flexibility index (Phi) is 3.79. The van der Waals surface area contributed by atoms with E-state index in [1.165, 1.54) is 5.56 Å². The van der Waals surface area contributed by atoms with Gasteiger partial charge in [0, 0.05) is 4.83 Å². The number of para-hydroxylation sites is 1. The van der Waals surface area contributed by atoms with E-state index in [1.807, 2.05) is 18.2 Å². The van der Waals surface area contributed by atoms with Crippen molar-refractivity contribution in [2.45, 2.75) is 24.6 Å². The van der Waals surface area contributed by atoms with Gasteiger partial charge in [-0.3, -0.25) is 0 Å². The molecule has 0 fully saturated rings. The molecule has 0 N–H and O–H groups in total. The fourth-order valence-electron chi connectivity index (χ4n) is 1.29. The van der Waals surface area contributed by atoms with Gasteiger partial charge in [0.1, 0.15) is 5.75 Å². The van der Waals surface area contributed by atoms with E-state index in [-0.39, 0.29) is 0 Å². The molecule has 2 heteroatoms. The van der Waals surface area contributed by atoms with Crippen LogP contribution in [0.3, 0.4) is 0 Å². The van der Waals surface area contributed by atoms with Gasteiger partial charge in [-0.1, -0.05) is 48.0 Å². The molecule has 0 aliphatic heterocycles. The number of alkyl halides is 1. The summed E-state index contributed by atoms with van der Waals surface area (Å²) in [5.41, 5.74) is 1.26. The summed E-state index contributed by atoms with van der Waals surface area (Å²) in [6, 6.07) is 8.15. The standard InChI is InChI=1S/C11H15BrO/c1-8(9(2)12)10-6-4-5-7-11(10)13-3/h4-9H,1-3H3. The van der Waals surface area contributed by atoms with Crippen LogP contribution in [0.1, 0.15) is 25.3 Å². The minimum atomic E-state index is 0.462. The van der Waals surface area contributed by atoms with Crippen LogP contribution in [0.5, 0.6) is 5.75 Å². The zero-order valence-corrected chi connectivity index (χ0v) is 9.84. The van der Waals surface area contributed by atoms with Crippen LogP contribution in [0.15, 0.2) is 24.3 Å². The molecule has 0 spiro atoms. The third kappa shape index (κ3) is 2.47. The molecule has 0 aliphatic rings. The summed E-state index contributed by atoms with van der Waals surface area (Å²) < 4.78 is 5.30. The first-order valence-corrected chi connectivity index (χ1v) is 5.35. The summed E-state index contributed by atoms with van der Waals surface area (Å²) in [6.45, 7) is 4.34. The third-order valence-corrected chi connectivity index (χ3v) is 3.11. The minimum Gasteiger partial charge on any atom is -0.496 e. The molecule has 0 radical (unpaired) electrons. The Balaban J connectivity index is 2.98. The van der Waals surface area contributed by atoms with Gasteiger partial charge in [0.05, 0.1) is 7.11 Å². The van der Waals surface area contributed by atoms with Gasteiger partial charge in [-0.15, -0.1) is 0 Å². The van der Waals surface area contributed by atoms with E-state index in [0.29, 0.717) is 10.7 Å². The average Bonchev–Trinajstić information content (AvgIpc) is 2.16. The fourth-order valence-corrected chi connectivity index (χ4v) is 1.57.